The third-order valence-corrected chi connectivity index (χ3v) is 7.63. The second kappa shape index (κ2) is 10.0. The highest BCUT2D eigenvalue weighted by Gasteiger charge is 2.56. The molecular weight excluding hydrogens is 377 g/mol. The Balaban J connectivity index is 2.13. The molecule has 148 valence electrons. The van der Waals surface area contributed by atoms with Gasteiger partial charge in [-0.1, -0.05) is 25.0 Å². The molecule has 0 aromatic carbocycles. The summed E-state index contributed by atoms with van der Waals surface area (Å²) in [5.74, 6) is -0.894. The predicted octanol–water partition coefficient (Wildman–Crippen LogP) is 3.98. The first-order valence-corrected chi connectivity index (χ1v) is 11.6. The highest BCUT2D eigenvalue weighted by Crippen LogP contribution is 2.59. The van der Waals surface area contributed by atoms with Crippen molar-refractivity contribution in [2.75, 3.05) is 25.6 Å². The van der Waals surface area contributed by atoms with Crippen LogP contribution in [-0.4, -0.2) is 48.0 Å². The maximum Gasteiger partial charge on any atom is 0.338 e. The molecule has 2 amide bonds. The molecule has 0 saturated carbocycles. The van der Waals surface area contributed by atoms with Crippen LogP contribution in [0.2, 0.25) is 0 Å². The summed E-state index contributed by atoms with van der Waals surface area (Å²) < 4.78 is 24.1. The van der Waals surface area contributed by atoms with Crippen LogP contribution in [-0.2, 0) is 23.2 Å². The number of amides is 2. The summed E-state index contributed by atoms with van der Waals surface area (Å²) in [6.07, 6.45) is 7.67. The van der Waals surface area contributed by atoms with Gasteiger partial charge in [-0.15, -0.1) is 11.6 Å². The van der Waals surface area contributed by atoms with Crippen LogP contribution < -0.4 is 0 Å². The lowest BCUT2D eigenvalue weighted by Crippen LogP contribution is -2.35. The van der Waals surface area contributed by atoms with E-state index in [9.17, 15) is 14.2 Å². The first kappa shape index (κ1) is 21.6. The first-order valence-electron chi connectivity index (χ1n) is 9.46. The second-order valence-electron chi connectivity index (χ2n) is 6.59. The van der Waals surface area contributed by atoms with E-state index in [1.807, 2.05) is 6.08 Å². The second-order valence-corrected chi connectivity index (χ2v) is 9.16. The fourth-order valence-corrected chi connectivity index (χ4v) is 6.13. The number of carbonyl (C=O) groups is 2. The van der Waals surface area contributed by atoms with Crippen molar-refractivity contribution >= 4 is 31.0 Å². The molecule has 1 aliphatic heterocycles. The fourth-order valence-electron chi connectivity index (χ4n) is 3.74. The summed E-state index contributed by atoms with van der Waals surface area (Å²) >= 11 is 5.67. The maximum absolute atomic E-state index is 13.2. The molecule has 3 atom stereocenters. The minimum Gasteiger partial charge on any atom is -0.308 e. The van der Waals surface area contributed by atoms with Crippen molar-refractivity contribution < 1.29 is 23.2 Å². The topological polar surface area (TPSA) is 72.9 Å². The van der Waals surface area contributed by atoms with Gasteiger partial charge in [-0.3, -0.25) is 19.1 Å². The normalized spacial score (nSPS) is 25.8. The molecule has 0 aromatic heterocycles. The van der Waals surface area contributed by atoms with E-state index in [0.717, 1.165) is 25.7 Å². The van der Waals surface area contributed by atoms with Crippen LogP contribution in [0.1, 0.15) is 46.0 Å². The highest BCUT2D eigenvalue weighted by molar-refractivity contribution is 7.55. The molecule has 0 spiro atoms. The van der Waals surface area contributed by atoms with Gasteiger partial charge in [-0.05, 0) is 33.1 Å². The molecule has 8 heteroatoms. The molecule has 0 N–H and O–H groups in total. The van der Waals surface area contributed by atoms with Crippen LogP contribution >= 0.6 is 19.2 Å². The number of alkyl halides is 1. The summed E-state index contributed by atoms with van der Waals surface area (Å²) in [7, 11) is -3.50. The van der Waals surface area contributed by atoms with Gasteiger partial charge in [0, 0.05) is 12.4 Å². The Morgan fingerprint density at radius 3 is 2.38 bits per heavy atom. The van der Waals surface area contributed by atoms with Gasteiger partial charge in [-0.25, -0.2) is 0 Å². The summed E-state index contributed by atoms with van der Waals surface area (Å²) in [5.41, 5.74) is -0.696. The molecule has 1 heterocycles. The van der Waals surface area contributed by atoms with Gasteiger partial charge in [0.15, 0.2) is 0 Å². The van der Waals surface area contributed by atoms with Crippen molar-refractivity contribution in [1.29, 1.82) is 0 Å². The van der Waals surface area contributed by atoms with E-state index in [2.05, 4.69) is 0 Å². The molecule has 1 saturated heterocycles. The Morgan fingerprint density at radius 2 is 1.77 bits per heavy atom. The van der Waals surface area contributed by atoms with E-state index in [0.29, 0.717) is 18.8 Å². The maximum atomic E-state index is 13.2. The van der Waals surface area contributed by atoms with Crippen molar-refractivity contribution in [1.82, 2.24) is 4.90 Å². The van der Waals surface area contributed by atoms with Crippen LogP contribution in [0.15, 0.2) is 12.2 Å². The Kier molecular flexibility index (Phi) is 8.34. The average molecular weight is 406 g/mol. The minimum absolute atomic E-state index is 0.161. The van der Waals surface area contributed by atoms with Gasteiger partial charge >= 0.3 is 7.60 Å². The van der Waals surface area contributed by atoms with E-state index >= 15 is 0 Å². The molecule has 26 heavy (non-hydrogen) atoms. The van der Waals surface area contributed by atoms with Crippen LogP contribution in [0.5, 0.6) is 0 Å². The summed E-state index contributed by atoms with van der Waals surface area (Å²) in [6, 6.07) is 0. The Hall–Kier alpha value is -0.680. The number of halogens is 1. The number of allylic oxidation sites excluding steroid dienone is 2. The molecule has 0 bridgehead atoms. The summed E-state index contributed by atoms with van der Waals surface area (Å²) in [5, 5.41) is 0. The van der Waals surface area contributed by atoms with Crippen molar-refractivity contribution in [2.24, 2.45) is 11.8 Å². The van der Waals surface area contributed by atoms with Gasteiger partial charge < -0.3 is 9.05 Å². The summed E-state index contributed by atoms with van der Waals surface area (Å²) in [4.78, 5) is 27.0. The monoisotopic (exact) mass is 405 g/mol. The highest BCUT2D eigenvalue weighted by atomic mass is 35.5. The van der Waals surface area contributed by atoms with Crippen LogP contribution in [0.3, 0.4) is 0 Å². The lowest BCUT2D eigenvalue weighted by molar-refractivity contribution is -0.139. The van der Waals surface area contributed by atoms with E-state index in [1.165, 1.54) is 4.90 Å². The zero-order valence-electron chi connectivity index (χ0n) is 15.6. The quantitative estimate of drug-likeness (QED) is 0.171. The number of nitrogens with zero attached hydrogens (tertiary/aromatic N) is 1. The largest absolute Gasteiger partial charge is 0.338 e. The van der Waals surface area contributed by atoms with Crippen LogP contribution in [0, 0.1) is 11.8 Å². The average Bonchev–Trinajstić information content (AvgIpc) is 2.86. The molecule has 0 aromatic rings. The number of rotatable bonds is 11. The Morgan fingerprint density at radius 1 is 1.12 bits per heavy atom. The van der Waals surface area contributed by atoms with Crippen LogP contribution in [0.4, 0.5) is 0 Å². The third kappa shape index (κ3) is 4.59. The number of fused-ring (bicyclic) bond motifs is 1. The Bertz CT molecular complexity index is 572. The van der Waals surface area contributed by atoms with Gasteiger partial charge in [0.1, 0.15) is 0 Å². The van der Waals surface area contributed by atoms with Crippen molar-refractivity contribution in [3.8, 4) is 0 Å². The molecule has 1 fully saturated rings. The number of carbonyl (C=O) groups excluding carboxylic acids is 2. The zero-order valence-corrected chi connectivity index (χ0v) is 17.2. The number of hydrogen-bond acceptors (Lipinski definition) is 5. The number of imide groups is 1. The zero-order chi connectivity index (χ0) is 19.2. The molecule has 1 aliphatic carbocycles. The van der Waals surface area contributed by atoms with E-state index in [-0.39, 0.29) is 25.0 Å². The van der Waals surface area contributed by atoms with Gasteiger partial charge in [0.05, 0.1) is 30.7 Å². The molecule has 2 aliphatic rings. The molecule has 0 unspecified atom stereocenters. The lowest BCUT2D eigenvalue weighted by Gasteiger charge is -2.31. The van der Waals surface area contributed by atoms with Crippen molar-refractivity contribution in [3.63, 3.8) is 0 Å². The molecule has 6 nitrogen and oxygen atoms in total. The van der Waals surface area contributed by atoms with Crippen molar-refractivity contribution in [2.45, 2.75) is 51.6 Å². The Labute approximate surface area is 160 Å². The molecule has 0 radical (unpaired) electrons. The number of unbranched alkanes of at least 4 members (excludes halogenated alkanes) is 3. The predicted molar refractivity (Wildman–Crippen MR) is 101 cm³/mol. The molecular formula is C18H29ClNO5P. The van der Waals surface area contributed by atoms with E-state index < -0.39 is 25.1 Å². The van der Waals surface area contributed by atoms with Crippen LogP contribution in [0.25, 0.3) is 0 Å². The van der Waals surface area contributed by atoms with Crippen molar-refractivity contribution in [3.05, 3.63) is 12.2 Å². The van der Waals surface area contributed by atoms with Gasteiger partial charge in [0.2, 0.25) is 11.8 Å². The van der Waals surface area contributed by atoms with E-state index in [4.69, 9.17) is 20.6 Å². The fraction of sp³-hybridized carbons (Fsp3) is 0.778. The molecule has 2 rings (SSSR count). The first-order chi connectivity index (χ1) is 12.5. The van der Waals surface area contributed by atoms with Gasteiger partial charge in [0.25, 0.3) is 0 Å². The minimum atomic E-state index is -3.50. The number of likely N-dealkylation sites (tertiary alicyclic amines) is 1. The lowest BCUT2D eigenvalue weighted by atomic mass is 9.85. The third-order valence-electron chi connectivity index (χ3n) is 4.91. The summed E-state index contributed by atoms with van der Waals surface area (Å²) in [6.45, 7) is 4.35. The number of hydrogen-bond donors (Lipinski definition) is 0. The SMILES string of the molecule is CCOP(=O)(OCC)[C@@H]1C=CC[C@@H]2C(=O)N(CCCCCCCl)C(=O)[C@@H]21. The standard InChI is InChI=1S/C18H29ClNO5P/c1-3-24-26(23,25-4-2)15-11-9-10-14-16(15)18(22)20(17(14)21)13-8-6-5-7-12-19/h9,11,14-16H,3-8,10,12-13H2,1-2H3/t14-,15+,16-/m0/s1. The smallest absolute Gasteiger partial charge is 0.308 e. The van der Waals surface area contributed by atoms with E-state index in [1.54, 1.807) is 19.9 Å². The van der Waals surface area contributed by atoms with Gasteiger partial charge in [-0.2, -0.15) is 0 Å².